The van der Waals surface area contributed by atoms with Gasteiger partial charge in [0, 0.05) is 35.5 Å². The SMILES string of the molecule is O=C1NCC[C@H]1C[C@H](NC(=O)[C@@H]1[C@@H]2CC[C@@H](CC2(F)F)N1C(=O)C(F)(F)c1cccc(Cl)c1)C(=O)CF. The smallest absolute Gasteiger partial charge is 0.350 e. The molecule has 4 fully saturated rings. The van der Waals surface area contributed by atoms with Crippen molar-refractivity contribution >= 4 is 35.1 Å². The minimum atomic E-state index is -4.19. The number of carbonyl (C=O) groups is 4. The maximum Gasteiger partial charge on any atom is 0.350 e. The van der Waals surface area contributed by atoms with Crippen molar-refractivity contribution in [2.75, 3.05) is 13.2 Å². The molecule has 0 unspecified atom stereocenters. The van der Waals surface area contributed by atoms with Crippen LogP contribution in [-0.2, 0) is 25.1 Å². The van der Waals surface area contributed by atoms with Crippen molar-refractivity contribution in [1.29, 1.82) is 0 Å². The van der Waals surface area contributed by atoms with Gasteiger partial charge in [-0.05, 0) is 37.8 Å². The summed E-state index contributed by atoms with van der Waals surface area (Å²) in [6.07, 6.45) is -1.10. The van der Waals surface area contributed by atoms with Crippen LogP contribution in [0.25, 0.3) is 0 Å². The second-order valence-corrected chi connectivity index (χ2v) is 10.2. The normalized spacial score (nSPS) is 27.5. The Kier molecular flexibility index (Phi) is 7.51. The summed E-state index contributed by atoms with van der Waals surface area (Å²) < 4.78 is 73.6. The van der Waals surface area contributed by atoms with Crippen molar-refractivity contribution in [1.82, 2.24) is 15.5 Å². The molecule has 7 nitrogen and oxygen atoms in total. The van der Waals surface area contributed by atoms with Crippen molar-refractivity contribution < 1.29 is 41.1 Å². The van der Waals surface area contributed by atoms with Gasteiger partial charge in [0.05, 0.1) is 12.0 Å². The van der Waals surface area contributed by atoms with E-state index in [0.717, 1.165) is 12.1 Å². The Labute approximate surface area is 214 Å². The summed E-state index contributed by atoms with van der Waals surface area (Å²) in [6.45, 7) is -1.19. The molecule has 0 aromatic heterocycles. The molecule has 1 saturated carbocycles. The highest BCUT2D eigenvalue weighted by atomic mass is 35.5. The molecule has 2 N–H and O–H groups in total. The van der Waals surface area contributed by atoms with Crippen LogP contribution >= 0.6 is 11.6 Å². The average molecular weight is 550 g/mol. The first-order chi connectivity index (χ1) is 17.4. The molecule has 0 radical (unpaired) electrons. The lowest BCUT2D eigenvalue weighted by molar-refractivity contribution is -0.207. The van der Waals surface area contributed by atoms with Gasteiger partial charge in [-0.2, -0.15) is 8.78 Å². The average Bonchev–Trinajstić information content (AvgIpc) is 3.25. The Balaban J connectivity index is 1.64. The number of Topliss-reactive ketones (excluding diaryl/α,β-unsaturated/α-hetero) is 1. The Morgan fingerprint density at radius 3 is 2.54 bits per heavy atom. The van der Waals surface area contributed by atoms with Crippen molar-refractivity contribution in [2.24, 2.45) is 11.8 Å². The third-order valence-electron chi connectivity index (χ3n) is 7.41. The fraction of sp³-hybridized carbons (Fsp3) is 0.583. The zero-order valence-corrected chi connectivity index (χ0v) is 20.2. The molecule has 0 spiro atoms. The van der Waals surface area contributed by atoms with Crippen LogP contribution in [-0.4, -0.2) is 65.7 Å². The third kappa shape index (κ3) is 5.17. The fourth-order valence-electron chi connectivity index (χ4n) is 5.54. The number of hydrogen-bond donors (Lipinski definition) is 2. The first-order valence-corrected chi connectivity index (χ1v) is 12.3. The molecule has 37 heavy (non-hydrogen) atoms. The Morgan fingerprint density at radius 2 is 1.95 bits per heavy atom. The van der Waals surface area contributed by atoms with Crippen LogP contribution in [0.3, 0.4) is 0 Å². The predicted octanol–water partition coefficient (Wildman–Crippen LogP) is 3.00. The van der Waals surface area contributed by atoms with Crippen molar-refractivity contribution in [3.63, 3.8) is 0 Å². The van der Waals surface area contributed by atoms with E-state index in [1.807, 2.05) is 0 Å². The lowest BCUT2D eigenvalue weighted by atomic mass is 9.71. The minimum absolute atomic E-state index is 0.0174. The van der Waals surface area contributed by atoms with E-state index in [1.54, 1.807) is 0 Å². The van der Waals surface area contributed by atoms with Crippen LogP contribution < -0.4 is 10.6 Å². The largest absolute Gasteiger partial charge is 0.356 e. The van der Waals surface area contributed by atoms with E-state index >= 15 is 8.78 Å². The molecular formula is C24H25ClF5N3O4. The summed E-state index contributed by atoms with van der Waals surface area (Å²) >= 11 is 5.79. The van der Waals surface area contributed by atoms with Crippen LogP contribution in [0.4, 0.5) is 22.0 Å². The maximum atomic E-state index is 15.3. The summed E-state index contributed by atoms with van der Waals surface area (Å²) in [5.74, 6) is -14.7. The van der Waals surface area contributed by atoms with Crippen molar-refractivity contribution in [2.45, 2.75) is 62.1 Å². The number of nitrogens with zero attached hydrogens (tertiary/aromatic N) is 1. The minimum Gasteiger partial charge on any atom is -0.356 e. The van der Waals surface area contributed by atoms with Gasteiger partial charge in [0.25, 0.3) is 11.8 Å². The molecule has 1 aliphatic carbocycles. The number of carbonyl (C=O) groups excluding carboxylic acids is 4. The molecule has 3 aliphatic heterocycles. The zero-order valence-electron chi connectivity index (χ0n) is 19.5. The standard InChI is InChI=1S/C24H25ClF5N3O4/c25-14-3-1-2-13(9-14)24(29,30)22(37)33-15-4-5-16(23(27,28)10-15)19(33)21(36)32-17(18(34)11-26)8-12-6-7-31-20(12)35/h1-3,9,12,15-17,19H,4-8,10-11H2,(H,31,35)(H,32,36)/t12-,15-,16-,17-,19-/m0/s1. The summed E-state index contributed by atoms with van der Waals surface area (Å²) in [6, 6.07) is -0.585. The Morgan fingerprint density at radius 1 is 1.22 bits per heavy atom. The predicted molar refractivity (Wildman–Crippen MR) is 121 cm³/mol. The summed E-state index contributed by atoms with van der Waals surface area (Å²) in [4.78, 5) is 51.1. The molecule has 3 heterocycles. The highest BCUT2D eigenvalue weighted by Crippen LogP contribution is 2.50. The molecule has 4 aliphatic rings. The van der Waals surface area contributed by atoms with Gasteiger partial charge in [-0.1, -0.05) is 23.7 Å². The quantitative estimate of drug-likeness (QED) is 0.488. The van der Waals surface area contributed by atoms with E-state index in [4.69, 9.17) is 11.6 Å². The fourth-order valence-corrected chi connectivity index (χ4v) is 5.73. The number of rotatable bonds is 8. The number of benzene rings is 1. The van der Waals surface area contributed by atoms with Crippen molar-refractivity contribution in [3.8, 4) is 0 Å². The van der Waals surface area contributed by atoms with E-state index < -0.39 is 84.0 Å². The number of amides is 3. The van der Waals surface area contributed by atoms with Crippen LogP contribution in [0.2, 0.25) is 5.02 Å². The molecule has 5 rings (SSSR count). The number of nitrogens with one attached hydrogen (secondary N) is 2. The van der Waals surface area contributed by atoms with Crippen LogP contribution in [0, 0.1) is 11.8 Å². The molecule has 1 aromatic rings. The second-order valence-electron chi connectivity index (χ2n) is 9.72. The molecule has 1 aromatic carbocycles. The Hall–Kier alpha value is -2.76. The Bertz CT molecular complexity index is 1100. The van der Waals surface area contributed by atoms with Gasteiger partial charge in [-0.15, -0.1) is 0 Å². The van der Waals surface area contributed by atoms with Gasteiger partial charge in [-0.25, -0.2) is 13.2 Å². The van der Waals surface area contributed by atoms with Gasteiger partial charge in [0.2, 0.25) is 11.8 Å². The number of alkyl halides is 5. The van der Waals surface area contributed by atoms with Gasteiger partial charge < -0.3 is 15.5 Å². The number of ketones is 1. The maximum absolute atomic E-state index is 15.3. The number of fused-ring (bicyclic) bond motifs is 3. The lowest BCUT2D eigenvalue weighted by Crippen LogP contribution is -2.70. The van der Waals surface area contributed by atoms with Crippen LogP contribution in [0.15, 0.2) is 24.3 Å². The van der Waals surface area contributed by atoms with Gasteiger partial charge in [0.1, 0.15) is 12.7 Å². The van der Waals surface area contributed by atoms with Crippen LogP contribution in [0.1, 0.15) is 37.7 Å². The molecule has 5 atom stereocenters. The van der Waals surface area contributed by atoms with E-state index in [2.05, 4.69) is 10.6 Å². The summed E-state index contributed by atoms with van der Waals surface area (Å²) in [5, 5.41) is 4.65. The monoisotopic (exact) mass is 549 g/mol. The second kappa shape index (κ2) is 10.2. The van der Waals surface area contributed by atoms with E-state index in [0.29, 0.717) is 17.9 Å². The highest BCUT2D eigenvalue weighted by molar-refractivity contribution is 6.30. The molecule has 3 saturated heterocycles. The summed E-state index contributed by atoms with van der Waals surface area (Å²) in [5.41, 5.74) is -0.768. The molecule has 13 heteroatoms. The molecular weight excluding hydrogens is 525 g/mol. The highest BCUT2D eigenvalue weighted by Gasteiger charge is 2.63. The lowest BCUT2D eigenvalue weighted by Gasteiger charge is -2.54. The number of hydrogen-bond acceptors (Lipinski definition) is 4. The van der Waals surface area contributed by atoms with Gasteiger partial charge >= 0.3 is 5.92 Å². The topological polar surface area (TPSA) is 95.6 Å². The first-order valence-electron chi connectivity index (χ1n) is 11.9. The molecule has 202 valence electrons. The number of halogens is 6. The third-order valence-corrected chi connectivity index (χ3v) is 7.65. The first kappa shape index (κ1) is 27.3. The van der Waals surface area contributed by atoms with E-state index in [1.165, 1.54) is 12.1 Å². The summed E-state index contributed by atoms with van der Waals surface area (Å²) in [7, 11) is 0. The van der Waals surface area contributed by atoms with Crippen molar-refractivity contribution in [3.05, 3.63) is 34.9 Å². The van der Waals surface area contributed by atoms with Gasteiger partial charge in [-0.3, -0.25) is 19.2 Å². The van der Waals surface area contributed by atoms with Crippen LogP contribution in [0.5, 0.6) is 0 Å². The number of piperidine rings is 2. The van der Waals surface area contributed by atoms with Gasteiger partial charge in [0.15, 0.2) is 5.78 Å². The van der Waals surface area contributed by atoms with E-state index in [9.17, 15) is 32.3 Å². The molecule has 2 bridgehead atoms. The zero-order chi connectivity index (χ0) is 27.1. The van der Waals surface area contributed by atoms with E-state index in [-0.39, 0.29) is 24.3 Å². The molecule has 3 amide bonds.